The third-order valence-corrected chi connectivity index (χ3v) is 3.71. The van der Waals surface area contributed by atoms with Gasteiger partial charge >= 0.3 is 0 Å². The number of hydrogen-bond donors (Lipinski definition) is 0. The summed E-state index contributed by atoms with van der Waals surface area (Å²) in [4.78, 5) is 2.51. The van der Waals surface area contributed by atoms with Crippen LogP contribution in [0.3, 0.4) is 0 Å². The van der Waals surface area contributed by atoms with E-state index < -0.39 is 0 Å². The Balaban J connectivity index is 1.94. The lowest BCUT2D eigenvalue weighted by Gasteiger charge is -2.32. The molecule has 0 N–H and O–H groups in total. The maximum Gasteiger partial charge on any atom is 0.0771 e. The summed E-state index contributed by atoms with van der Waals surface area (Å²) in [5.41, 5.74) is 0. The zero-order valence-electron chi connectivity index (χ0n) is 10.8. The average molecular weight is 227 g/mol. The number of rotatable bonds is 6. The van der Waals surface area contributed by atoms with Crippen LogP contribution in [0.1, 0.15) is 40.0 Å². The number of nitrogens with zero attached hydrogens (tertiary/aromatic N) is 1. The van der Waals surface area contributed by atoms with Gasteiger partial charge in [-0.2, -0.15) is 0 Å². The molecule has 1 saturated carbocycles. The molecule has 16 heavy (non-hydrogen) atoms. The highest BCUT2D eigenvalue weighted by Gasteiger charge is 2.40. The molecule has 3 heteroatoms. The molecule has 0 aromatic heterocycles. The van der Waals surface area contributed by atoms with E-state index in [4.69, 9.17) is 9.47 Å². The molecular weight excluding hydrogens is 202 g/mol. The second-order valence-corrected chi connectivity index (χ2v) is 4.94. The van der Waals surface area contributed by atoms with E-state index >= 15 is 0 Å². The molecule has 1 heterocycles. The van der Waals surface area contributed by atoms with Gasteiger partial charge in [0.1, 0.15) is 0 Å². The lowest BCUT2D eigenvalue weighted by molar-refractivity contribution is -0.0506. The standard InChI is InChI=1S/C13H25NO2/c1-4-14-9-8-12(16-11-6-7-11)13(14)10(3)15-5-2/h10-13H,4-9H2,1-3H3/t10-,12-,13+/m0/s1. The predicted octanol–water partition coefficient (Wildman–Crippen LogP) is 2.05. The molecular formula is C13H25NO2. The summed E-state index contributed by atoms with van der Waals surface area (Å²) in [6.07, 6.45) is 4.94. The molecule has 0 aromatic carbocycles. The van der Waals surface area contributed by atoms with Gasteiger partial charge in [0.25, 0.3) is 0 Å². The molecule has 0 amide bonds. The van der Waals surface area contributed by atoms with E-state index in [1.165, 1.54) is 19.3 Å². The monoisotopic (exact) mass is 227 g/mol. The van der Waals surface area contributed by atoms with Crippen LogP contribution in [0.15, 0.2) is 0 Å². The van der Waals surface area contributed by atoms with Gasteiger partial charge in [-0.15, -0.1) is 0 Å². The van der Waals surface area contributed by atoms with E-state index in [1.807, 2.05) is 0 Å². The first-order valence-electron chi connectivity index (χ1n) is 6.77. The van der Waals surface area contributed by atoms with Crippen LogP contribution in [0.4, 0.5) is 0 Å². The van der Waals surface area contributed by atoms with Crippen molar-refractivity contribution in [2.45, 2.75) is 64.4 Å². The smallest absolute Gasteiger partial charge is 0.0771 e. The maximum absolute atomic E-state index is 6.11. The van der Waals surface area contributed by atoms with Crippen molar-refractivity contribution in [3.05, 3.63) is 0 Å². The molecule has 1 aliphatic carbocycles. The van der Waals surface area contributed by atoms with Gasteiger partial charge < -0.3 is 9.47 Å². The van der Waals surface area contributed by atoms with Gasteiger partial charge in [0.15, 0.2) is 0 Å². The zero-order valence-corrected chi connectivity index (χ0v) is 10.8. The summed E-state index contributed by atoms with van der Waals surface area (Å²) in [6.45, 7) is 9.54. The molecule has 0 bridgehead atoms. The average Bonchev–Trinajstić information content (AvgIpc) is 2.97. The normalized spacial score (nSPS) is 33.2. The van der Waals surface area contributed by atoms with Crippen LogP contribution in [-0.2, 0) is 9.47 Å². The first-order valence-corrected chi connectivity index (χ1v) is 6.77. The second-order valence-electron chi connectivity index (χ2n) is 4.94. The summed E-state index contributed by atoms with van der Waals surface area (Å²) in [5, 5.41) is 0. The largest absolute Gasteiger partial charge is 0.377 e. The van der Waals surface area contributed by atoms with E-state index in [9.17, 15) is 0 Å². The second kappa shape index (κ2) is 5.48. The van der Waals surface area contributed by atoms with E-state index in [0.29, 0.717) is 18.2 Å². The first-order chi connectivity index (χ1) is 7.76. The van der Waals surface area contributed by atoms with E-state index in [0.717, 1.165) is 19.7 Å². The molecule has 0 spiro atoms. The minimum atomic E-state index is 0.288. The van der Waals surface area contributed by atoms with Crippen molar-refractivity contribution in [1.82, 2.24) is 4.90 Å². The van der Waals surface area contributed by atoms with Crippen molar-refractivity contribution >= 4 is 0 Å². The Hall–Kier alpha value is -0.120. The topological polar surface area (TPSA) is 21.7 Å². The fourth-order valence-electron chi connectivity index (χ4n) is 2.78. The highest BCUT2D eigenvalue weighted by Crippen LogP contribution is 2.32. The van der Waals surface area contributed by atoms with Crippen LogP contribution in [0.5, 0.6) is 0 Å². The van der Waals surface area contributed by atoms with Crippen LogP contribution in [-0.4, -0.2) is 49.0 Å². The molecule has 94 valence electrons. The van der Waals surface area contributed by atoms with Gasteiger partial charge in [0.05, 0.1) is 24.4 Å². The maximum atomic E-state index is 6.11. The summed E-state index contributed by atoms with van der Waals surface area (Å²) in [7, 11) is 0. The van der Waals surface area contributed by atoms with Crippen LogP contribution in [0.2, 0.25) is 0 Å². The summed E-state index contributed by atoms with van der Waals surface area (Å²) >= 11 is 0. The Morgan fingerprint density at radius 3 is 2.56 bits per heavy atom. The van der Waals surface area contributed by atoms with E-state index in [-0.39, 0.29) is 6.10 Å². The van der Waals surface area contributed by atoms with Crippen LogP contribution < -0.4 is 0 Å². The van der Waals surface area contributed by atoms with Crippen molar-refractivity contribution in [2.75, 3.05) is 19.7 Å². The van der Waals surface area contributed by atoms with Gasteiger partial charge in [0.2, 0.25) is 0 Å². The minimum absolute atomic E-state index is 0.288. The number of likely N-dealkylation sites (tertiary alicyclic amines) is 1. The fourth-order valence-corrected chi connectivity index (χ4v) is 2.78. The van der Waals surface area contributed by atoms with E-state index in [1.54, 1.807) is 0 Å². The molecule has 0 unspecified atom stereocenters. The number of likely N-dealkylation sites (N-methyl/N-ethyl adjacent to an activating group) is 1. The number of hydrogen-bond acceptors (Lipinski definition) is 3. The zero-order chi connectivity index (χ0) is 11.5. The summed E-state index contributed by atoms with van der Waals surface area (Å²) in [6, 6.07) is 0.463. The van der Waals surface area contributed by atoms with Crippen molar-refractivity contribution < 1.29 is 9.47 Å². The third kappa shape index (κ3) is 2.76. The van der Waals surface area contributed by atoms with Gasteiger partial charge in [0, 0.05) is 13.2 Å². The lowest BCUT2D eigenvalue weighted by atomic mass is 10.1. The van der Waals surface area contributed by atoms with Gasteiger partial charge in [-0.1, -0.05) is 6.92 Å². The molecule has 3 nitrogen and oxygen atoms in total. The first kappa shape index (κ1) is 12.3. The van der Waals surface area contributed by atoms with Crippen molar-refractivity contribution in [3.8, 4) is 0 Å². The van der Waals surface area contributed by atoms with E-state index in [2.05, 4.69) is 25.7 Å². The van der Waals surface area contributed by atoms with Crippen LogP contribution >= 0.6 is 0 Å². The highest BCUT2D eigenvalue weighted by molar-refractivity contribution is 4.93. The van der Waals surface area contributed by atoms with Crippen molar-refractivity contribution in [2.24, 2.45) is 0 Å². The van der Waals surface area contributed by atoms with Crippen LogP contribution in [0, 0.1) is 0 Å². The lowest BCUT2D eigenvalue weighted by Crippen LogP contribution is -2.45. The SMILES string of the molecule is CCO[C@@H](C)[C@@H]1[C@@H](OC2CC2)CCN1CC. The van der Waals surface area contributed by atoms with Crippen LogP contribution in [0.25, 0.3) is 0 Å². The molecule has 2 rings (SSSR count). The molecule has 0 radical (unpaired) electrons. The summed E-state index contributed by atoms with van der Waals surface area (Å²) in [5.74, 6) is 0. The van der Waals surface area contributed by atoms with Gasteiger partial charge in [-0.05, 0) is 39.7 Å². The molecule has 2 aliphatic rings. The molecule has 1 aliphatic heterocycles. The highest BCUT2D eigenvalue weighted by atomic mass is 16.5. The van der Waals surface area contributed by atoms with Gasteiger partial charge in [-0.3, -0.25) is 4.90 Å². The van der Waals surface area contributed by atoms with Crippen molar-refractivity contribution in [3.63, 3.8) is 0 Å². The third-order valence-electron chi connectivity index (χ3n) is 3.71. The Morgan fingerprint density at radius 1 is 1.25 bits per heavy atom. The molecule has 0 aromatic rings. The molecule has 1 saturated heterocycles. The molecule has 3 atom stereocenters. The summed E-state index contributed by atoms with van der Waals surface area (Å²) < 4.78 is 11.9. The minimum Gasteiger partial charge on any atom is -0.377 e. The number of ether oxygens (including phenoxy) is 2. The van der Waals surface area contributed by atoms with Gasteiger partial charge in [-0.25, -0.2) is 0 Å². The Kier molecular flexibility index (Phi) is 4.22. The van der Waals surface area contributed by atoms with Crippen molar-refractivity contribution in [1.29, 1.82) is 0 Å². The Labute approximate surface area is 99.1 Å². The predicted molar refractivity (Wildman–Crippen MR) is 64.6 cm³/mol. The Bertz CT molecular complexity index is 218. The Morgan fingerprint density at radius 2 is 2.00 bits per heavy atom. The fraction of sp³-hybridized carbons (Fsp3) is 1.00. The quantitative estimate of drug-likeness (QED) is 0.693. The molecule has 2 fully saturated rings.